The molecule has 2 fully saturated rings. The first-order valence-corrected chi connectivity index (χ1v) is 8.88. The highest BCUT2D eigenvalue weighted by Gasteiger charge is 2.35. The first-order chi connectivity index (χ1) is 12.7. The van der Waals surface area contributed by atoms with E-state index in [1.54, 1.807) is 4.90 Å². The number of likely N-dealkylation sites (tertiary alicyclic amines) is 1. The summed E-state index contributed by atoms with van der Waals surface area (Å²) in [6.45, 7) is 2.45. The van der Waals surface area contributed by atoms with Gasteiger partial charge in [-0.15, -0.1) is 0 Å². The Kier molecular flexibility index (Phi) is 4.66. The smallest absolute Gasteiger partial charge is 0.249 e. The van der Waals surface area contributed by atoms with Crippen LogP contribution in [0.4, 0.5) is 0 Å². The highest BCUT2D eigenvalue weighted by Crippen LogP contribution is 2.32. The molecular weight excluding hydrogens is 334 g/mol. The van der Waals surface area contributed by atoms with E-state index in [4.69, 9.17) is 4.52 Å². The van der Waals surface area contributed by atoms with E-state index in [-0.39, 0.29) is 30.9 Å². The zero-order valence-electron chi connectivity index (χ0n) is 14.4. The maximum atomic E-state index is 12.7. The van der Waals surface area contributed by atoms with Crippen LogP contribution in [0.5, 0.6) is 0 Å². The van der Waals surface area contributed by atoms with Gasteiger partial charge >= 0.3 is 0 Å². The van der Waals surface area contributed by atoms with Crippen LogP contribution in [-0.2, 0) is 9.59 Å². The van der Waals surface area contributed by atoms with Gasteiger partial charge in [-0.2, -0.15) is 4.98 Å². The molecule has 0 radical (unpaired) electrons. The van der Waals surface area contributed by atoms with Crippen molar-refractivity contribution in [3.8, 4) is 11.4 Å². The van der Waals surface area contributed by atoms with Gasteiger partial charge in [-0.25, -0.2) is 0 Å². The number of carbonyl (C=O) groups excluding carboxylic acids is 2. The van der Waals surface area contributed by atoms with Crippen LogP contribution >= 0.6 is 0 Å². The second-order valence-corrected chi connectivity index (χ2v) is 6.63. The topological polar surface area (TPSA) is 91.6 Å². The second-order valence-electron chi connectivity index (χ2n) is 6.63. The molecule has 2 amide bonds. The summed E-state index contributed by atoms with van der Waals surface area (Å²) in [5.74, 6) is 0.978. The highest BCUT2D eigenvalue weighted by molar-refractivity contribution is 5.82. The summed E-state index contributed by atoms with van der Waals surface area (Å²) < 4.78 is 5.46. The molecule has 3 heterocycles. The standard InChI is InChI=1S/C18H21N5O3/c24-15-11-22(10-8-19-15)12-16(25)23-9-4-7-14(23)18-20-17(21-26-18)13-5-2-1-3-6-13/h1-3,5-6,14H,4,7-12H2,(H,19,24)/t14-/m0/s1. The van der Waals surface area contributed by atoms with Crippen LogP contribution in [0.3, 0.4) is 0 Å². The molecule has 1 atom stereocenters. The molecule has 136 valence electrons. The third-order valence-electron chi connectivity index (χ3n) is 4.81. The van der Waals surface area contributed by atoms with E-state index in [2.05, 4.69) is 15.5 Å². The van der Waals surface area contributed by atoms with Crippen molar-refractivity contribution in [3.63, 3.8) is 0 Å². The monoisotopic (exact) mass is 355 g/mol. The van der Waals surface area contributed by atoms with Gasteiger partial charge in [0, 0.05) is 25.2 Å². The average Bonchev–Trinajstić information content (AvgIpc) is 3.32. The summed E-state index contributed by atoms with van der Waals surface area (Å²) in [5, 5.41) is 6.83. The Labute approximate surface area is 151 Å². The Hall–Kier alpha value is -2.74. The van der Waals surface area contributed by atoms with E-state index in [0.29, 0.717) is 31.3 Å². The molecule has 1 N–H and O–H groups in total. The van der Waals surface area contributed by atoms with Gasteiger partial charge in [-0.3, -0.25) is 14.5 Å². The van der Waals surface area contributed by atoms with Crippen molar-refractivity contribution in [2.75, 3.05) is 32.7 Å². The predicted octanol–water partition coefficient (Wildman–Crippen LogP) is 0.832. The molecule has 2 saturated heterocycles. The van der Waals surface area contributed by atoms with Crippen LogP contribution in [0.1, 0.15) is 24.8 Å². The van der Waals surface area contributed by atoms with E-state index in [1.165, 1.54) is 0 Å². The van der Waals surface area contributed by atoms with E-state index >= 15 is 0 Å². The molecule has 0 bridgehead atoms. The van der Waals surface area contributed by atoms with Crippen LogP contribution in [-0.4, -0.2) is 64.5 Å². The lowest BCUT2D eigenvalue weighted by molar-refractivity contribution is -0.135. The SMILES string of the molecule is O=C1CN(CC(=O)N2CCC[C@H]2c2nc(-c3ccccc3)no2)CCN1. The Balaban J connectivity index is 1.45. The number of nitrogens with one attached hydrogen (secondary N) is 1. The molecule has 2 aliphatic heterocycles. The fourth-order valence-electron chi connectivity index (χ4n) is 3.51. The first-order valence-electron chi connectivity index (χ1n) is 8.88. The van der Waals surface area contributed by atoms with Gasteiger partial charge in [-0.05, 0) is 12.8 Å². The summed E-state index contributed by atoms with van der Waals surface area (Å²) in [7, 11) is 0. The summed E-state index contributed by atoms with van der Waals surface area (Å²) >= 11 is 0. The number of carbonyl (C=O) groups is 2. The van der Waals surface area contributed by atoms with Gasteiger partial charge in [0.2, 0.25) is 23.5 Å². The minimum Gasteiger partial charge on any atom is -0.354 e. The molecule has 8 nitrogen and oxygen atoms in total. The number of hydrogen-bond donors (Lipinski definition) is 1. The maximum Gasteiger partial charge on any atom is 0.249 e. The summed E-state index contributed by atoms with van der Waals surface area (Å²) in [6, 6.07) is 9.44. The van der Waals surface area contributed by atoms with Gasteiger partial charge in [0.1, 0.15) is 6.04 Å². The lowest BCUT2D eigenvalue weighted by Crippen LogP contribution is -2.51. The molecule has 0 aliphatic carbocycles. The molecule has 26 heavy (non-hydrogen) atoms. The fraction of sp³-hybridized carbons (Fsp3) is 0.444. The van der Waals surface area contributed by atoms with Gasteiger partial charge in [0.05, 0.1) is 13.1 Å². The van der Waals surface area contributed by atoms with Crippen molar-refractivity contribution in [2.24, 2.45) is 0 Å². The molecule has 1 aromatic heterocycles. The Bertz CT molecular complexity index is 791. The maximum absolute atomic E-state index is 12.7. The van der Waals surface area contributed by atoms with Crippen molar-refractivity contribution < 1.29 is 14.1 Å². The number of nitrogens with zero attached hydrogens (tertiary/aromatic N) is 4. The minimum atomic E-state index is -0.189. The van der Waals surface area contributed by atoms with E-state index in [9.17, 15) is 9.59 Å². The fourth-order valence-corrected chi connectivity index (χ4v) is 3.51. The largest absolute Gasteiger partial charge is 0.354 e. The van der Waals surface area contributed by atoms with Crippen molar-refractivity contribution in [3.05, 3.63) is 36.2 Å². The average molecular weight is 355 g/mol. The van der Waals surface area contributed by atoms with Crippen LogP contribution in [0.15, 0.2) is 34.9 Å². The minimum absolute atomic E-state index is 0.00154. The molecule has 8 heteroatoms. The molecule has 4 rings (SSSR count). The van der Waals surface area contributed by atoms with Crippen molar-refractivity contribution in [1.29, 1.82) is 0 Å². The van der Waals surface area contributed by atoms with Crippen LogP contribution in [0.2, 0.25) is 0 Å². The number of benzene rings is 1. The van der Waals surface area contributed by atoms with E-state index < -0.39 is 0 Å². The number of rotatable bonds is 4. The van der Waals surface area contributed by atoms with Crippen molar-refractivity contribution in [2.45, 2.75) is 18.9 Å². The lowest BCUT2D eigenvalue weighted by atomic mass is 10.2. The molecular formula is C18H21N5O3. The van der Waals surface area contributed by atoms with Crippen LogP contribution in [0, 0.1) is 0 Å². The third-order valence-corrected chi connectivity index (χ3v) is 4.81. The normalized spacial score (nSPS) is 21.0. The Morgan fingerprint density at radius 1 is 1.27 bits per heavy atom. The van der Waals surface area contributed by atoms with Gasteiger partial charge in [-0.1, -0.05) is 35.5 Å². The summed E-state index contributed by atoms with van der Waals surface area (Å²) in [6.07, 6.45) is 1.71. The zero-order chi connectivity index (χ0) is 17.9. The van der Waals surface area contributed by atoms with E-state index in [0.717, 1.165) is 18.4 Å². The quantitative estimate of drug-likeness (QED) is 0.874. The highest BCUT2D eigenvalue weighted by atomic mass is 16.5. The van der Waals surface area contributed by atoms with Crippen molar-refractivity contribution in [1.82, 2.24) is 25.3 Å². The second kappa shape index (κ2) is 7.25. The molecule has 0 spiro atoms. The molecule has 0 unspecified atom stereocenters. The van der Waals surface area contributed by atoms with Crippen LogP contribution < -0.4 is 5.32 Å². The van der Waals surface area contributed by atoms with E-state index in [1.807, 2.05) is 35.2 Å². The summed E-state index contributed by atoms with van der Waals surface area (Å²) in [5.41, 5.74) is 0.887. The Morgan fingerprint density at radius 3 is 2.92 bits per heavy atom. The van der Waals surface area contributed by atoms with Crippen LogP contribution in [0.25, 0.3) is 11.4 Å². The molecule has 2 aromatic rings. The summed E-state index contributed by atoms with van der Waals surface area (Å²) in [4.78, 5) is 32.4. The third kappa shape index (κ3) is 3.45. The molecule has 0 saturated carbocycles. The Morgan fingerprint density at radius 2 is 2.12 bits per heavy atom. The van der Waals surface area contributed by atoms with Crippen molar-refractivity contribution >= 4 is 11.8 Å². The van der Waals surface area contributed by atoms with Gasteiger partial charge in [0.25, 0.3) is 0 Å². The lowest BCUT2D eigenvalue weighted by Gasteiger charge is -2.29. The number of aromatic nitrogens is 2. The predicted molar refractivity (Wildman–Crippen MR) is 92.9 cm³/mol. The zero-order valence-corrected chi connectivity index (χ0v) is 14.4. The van der Waals surface area contributed by atoms with Gasteiger partial charge < -0.3 is 14.7 Å². The molecule has 2 aliphatic rings. The van der Waals surface area contributed by atoms with Gasteiger partial charge in [0.15, 0.2) is 0 Å². The number of amides is 2. The first kappa shape index (κ1) is 16.7. The number of hydrogen-bond acceptors (Lipinski definition) is 6. The number of piperazine rings is 1. The molecule has 1 aromatic carbocycles.